The Labute approximate surface area is 124 Å². The van der Waals surface area contributed by atoms with Gasteiger partial charge in [-0.3, -0.25) is 10.1 Å². The van der Waals surface area contributed by atoms with Gasteiger partial charge >= 0.3 is 5.97 Å². The van der Waals surface area contributed by atoms with Gasteiger partial charge in [-0.05, 0) is 23.8 Å². The van der Waals surface area contributed by atoms with Gasteiger partial charge < -0.3 is 10.5 Å². The van der Waals surface area contributed by atoms with E-state index >= 15 is 0 Å². The maximum Gasteiger partial charge on any atom is 0.340 e. The lowest BCUT2D eigenvalue weighted by molar-refractivity contribution is -0.384. The van der Waals surface area contributed by atoms with E-state index in [4.69, 9.17) is 22.1 Å². The van der Waals surface area contributed by atoms with Gasteiger partial charge in [-0.25, -0.2) is 9.78 Å². The number of nitrogen functional groups attached to an aromatic ring is 1. The largest absolute Gasteiger partial charge is 0.457 e. The lowest BCUT2D eigenvalue weighted by Crippen LogP contribution is -2.09. The molecule has 0 bridgehead atoms. The normalized spacial score (nSPS) is 10.1. The van der Waals surface area contributed by atoms with E-state index in [0.29, 0.717) is 5.56 Å². The number of non-ortho nitro benzene ring substituents is 1. The number of benzene rings is 1. The number of carbonyl (C=O) groups is 1. The Morgan fingerprint density at radius 1 is 1.33 bits per heavy atom. The predicted molar refractivity (Wildman–Crippen MR) is 75.9 cm³/mol. The highest BCUT2D eigenvalue weighted by Crippen LogP contribution is 2.21. The fourth-order valence-electron chi connectivity index (χ4n) is 1.57. The van der Waals surface area contributed by atoms with Gasteiger partial charge in [0.25, 0.3) is 5.69 Å². The van der Waals surface area contributed by atoms with Crippen molar-refractivity contribution in [1.29, 1.82) is 0 Å². The number of halogens is 1. The molecule has 0 aliphatic carbocycles. The number of nitrogens with zero attached hydrogens (tertiary/aromatic N) is 2. The second-order valence-corrected chi connectivity index (χ2v) is 4.42. The van der Waals surface area contributed by atoms with Crippen LogP contribution in [0.15, 0.2) is 36.5 Å². The molecule has 1 aromatic heterocycles. The fourth-order valence-corrected chi connectivity index (χ4v) is 1.72. The summed E-state index contributed by atoms with van der Waals surface area (Å²) in [5.74, 6) is -0.643. The third kappa shape index (κ3) is 3.46. The quantitative estimate of drug-likeness (QED) is 0.402. The summed E-state index contributed by atoms with van der Waals surface area (Å²) in [6.45, 7) is -0.0315. The zero-order valence-corrected chi connectivity index (χ0v) is 11.4. The third-order valence-electron chi connectivity index (χ3n) is 2.68. The highest BCUT2D eigenvalue weighted by Gasteiger charge is 2.14. The van der Waals surface area contributed by atoms with Crippen molar-refractivity contribution in [3.8, 4) is 0 Å². The van der Waals surface area contributed by atoms with Crippen LogP contribution in [0.5, 0.6) is 0 Å². The first-order valence-corrected chi connectivity index (χ1v) is 6.17. The first-order chi connectivity index (χ1) is 9.99. The maximum absolute atomic E-state index is 11.9. The topological polar surface area (TPSA) is 108 Å². The van der Waals surface area contributed by atoms with Gasteiger partial charge in [-0.15, -0.1) is 0 Å². The lowest BCUT2D eigenvalue weighted by atomic mass is 10.2. The molecule has 0 fully saturated rings. The minimum atomic E-state index is -0.643. The van der Waals surface area contributed by atoms with Gasteiger partial charge in [0.1, 0.15) is 6.61 Å². The Morgan fingerprint density at radius 3 is 2.62 bits per heavy atom. The minimum Gasteiger partial charge on any atom is -0.457 e. The first kappa shape index (κ1) is 14.7. The van der Waals surface area contributed by atoms with Crippen molar-refractivity contribution in [2.75, 3.05) is 5.73 Å². The summed E-state index contributed by atoms with van der Waals surface area (Å²) in [4.78, 5) is 25.6. The van der Waals surface area contributed by atoms with Gasteiger partial charge in [-0.1, -0.05) is 11.6 Å². The van der Waals surface area contributed by atoms with Crippen LogP contribution in [0.4, 0.5) is 11.4 Å². The molecule has 0 unspecified atom stereocenters. The SMILES string of the molecule is Nc1c(C(=O)OCc2ccc([N+](=O)[O-])cc2)ccnc1Cl. The van der Waals surface area contributed by atoms with Gasteiger partial charge in [-0.2, -0.15) is 0 Å². The van der Waals surface area contributed by atoms with E-state index in [0.717, 1.165) is 0 Å². The van der Waals surface area contributed by atoms with Crippen molar-refractivity contribution in [1.82, 2.24) is 4.98 Å². The monoisotopic (exact) mass is 307 g/mol. The molecule has 8 heteroatoms. The molecular weight excluding hydrogens is 298 g/mol. The number of rotatable bonds is 4. The number of anilines is 1. The standard InChI is InChI=1S/C13H10ClN3O4/c14-12-11(15)10(5-6-16-12)13(18)21-7-8-1-3-9(4-2-8)17(19)20/h1-6H,7,15H2. The molecule has 1 heterocycles. The molecule has 1 aromatic carbocycles. The second-order valence-electron chi connectivity index (χ2n) is 4.06. The molecule has 7 nitrogen and oxygen atoms in total. The molecule has 108 valence electrons. The van der Waals surface area contributed by atoms with Crippen LogP contribution in [-0.2, 0) is 11.3 Å². The number of nitro benzene ring substituents is 1. The van der Waals surface area contributed by atoms with Gasteiger partial charge in [0.15, 0.2) is 5.15 Å². The summed E-state index contributed by atoms with van der Waals surface area (Å²) in [5.41, 5.74) is 6.39. The highest BCUT2D eigenvalue weighted by molar-refractivity contribution is 6.32. The zero-order chi connectivity index (χ0) is 15.4. The van der Waals surface area contributed by atoms with Gasteiger partial charge in [0, 0.05) is 18.3 Å². The van der Waals surface area contributed by atoms with Crippen molar-refractivity contribution >= 4 is 28.9 Å². The number of nitrogens with two attached hydrogens (primary N) is 1. The molecule has 0 aliphatic heterocycles. The van der Waals surface area contributed by atoms with Crippen LogP contribution in [0.25, 0.3) is 0 Å². The Hall–Kier alpha value is -2.67. The van der Waals surface area contributed by atoms with Crippen molar-refractivity contribution in [2.24, 2.45) is 0 Å². The Balaban J connectivity index is 2.04. The van der Waals surface area contributed by atoms with E-state index in [1.807, 2.05) is 0 Å². The number of nitro groups is 1. The first-order valence-electron chi connectivity index (χ1n) is 5.79. The smallest absolute Gasteiger partial charge is 0.340 e. The van der Waals surface area contributed by atoms with E-state index in [9.17, 15) is 14.9 Å². The summed E-state index contributed by atoms with van der Waals surface area (Å²) < 4.78 is 5.08. The lowest BCUT2D eigenvalue weighted by Gasteiger charge is -2.07. The number of ether oxygens (including phenoxy) is 1. The molecule has 0 spiro atoms. The second kappa shape index (κ2) is 6.19. The average Bonchev–Trinajstić information content (AvgIpc) is 2.48. The molecule has 21 heavy (non-hydrogen) atoms. The van der Waals surface area contributed by atoms with E-state index in [1.165, 1.54) is 36.5 Å². The maximum atomic E-state index is 11.9. The average molecular weight is 308 g/mol. The number of pyridine rings is 1. The molecule has 2 rings (SSSR count). The molecule has 0 saturated heterocycles. The number of hydrogen-bond acceptors (Lipinski definition) is 6. The summed E-state index contributed by atoms with van der Waals surface area (Å²) >= 11 is 5.71. The van der Waals surface area contributed by atoms with Crippen LogP contribution in [0, 0.1) is 10.1 Å². The number of carbonyl (C=O) groups excluding carboxylic acids is 1. The molecule has 0 aliphatic rings. The van der Waals surface area contributed by atoms with Gasteiger partial charge in [0.05, 0.1) is 16.2 Å². The van der Waals surface area contributed by atoms with E-state index in [2.05, 4.69) is 4.98 Å². The fraction of sp³-hybridized carbons (Fsp3) is 0.0769. The van der Waals surface area contributed by atoms with Crippen LogP contribution in [0.2, 0.25) is 5.15 Å². The van der Waals surface area contributed by atoms with Crippen LogP contribution in [-0.4, -0.2) is 15.9 Å². The molecule has 2 N–H and O–H groups in total. The van der Waals surface area contributed by atoms with Crippen molar-refractivity contribution in [3.63, 3.8) is 0 Å². The zero-order valence-electron chi connectivity index (χ0n) is 10.7. The van der Waals surface area contributed by atoms with Gasteiger partial charge in [0.2, 0.25) is 0 Å². The van der Waals surface area contributed by atoms with Crippen LogP contribution >= 0.6 is 11.6 Å². The van der Waals surface area contributed by atoms with Crippen molar-refractivity contribution in [2.45, 2.75) is 6.61 Å². The number of hydrogen-bond donors (Lipinski definition) is 1. The Morgan fingerprint density at radius 2 is 2.00 bits per heavy atom. The molecule has 0 radical (unpaired) electrons. The van der Waals surface area contributed by atoms with E-state index in [-0.39, 0.29) is 28.7 Å². The summed E-state index contributed by atoms with van der Waals surface area (Å²) in [5, 5.41) is 10.5. The van der Waals surface area contributed by atoms with Crippen molar-refractivity contribution < 1.29 is 14.5 Å². The van der Waals surface area contributed by atoms with E-state index in [1.54, 1.807) is 0 Å². The van der Waals surface area contributed by atoms with Crippen molar-refractivity contribution in [3.05, 3.63) is 62.9 Å². The minimum absolute atomic E-state index is 0.0276. The summed E-state index contributed by atoms with van der Waals surface area (Å²) in [6.07, 6.45) is 1.35. The summed E-state index contributed by atoms with van der Waals surface area (Å²) in [7, 11) is 0. The predicted octanol–water partition coefficient (Wildman–Crippen LogP) is 2.58. The molecule has 0 atom stereocenters. The molecule has 0 saturated carbocycles. The Bertz CT molecular complexity index is 688. The number of aromatic nitrogens is 1. The van der Waals surface area contributed by atoms with Crippen LogP contribution in [0.3, 0.4) is 0 Å². The van der Waals surface area contributed by atoms with Crippen LogP contribution < -0.4 is 5.73 Å². The Kier molecular flexibility index (Phi) is 4.34. The number of esters is 1. The molecule has 2 aromatic rings. The molecule has 0 amide bonds. The van der Waals surface area contributed by atoms with E-state index < -0.39 is 10.9 Å². The molecular formula is C13H10ClN3O4. The van der Waals surface area contributed by atoms with Crippen LogP contribution in [0.1, 0.15) is 15.9 Å². The third-order valence-corrected chi connectivity index (χ3v) is 2.98. The highest BCUT2D eigenvalue weighted by atomic mass is 35.5. The summed E-state index contributed by atoms with van der Waals surface area (Å²) in [6, 6.07) is 7.09.